The minimum atomic E-state index is -4.15. The molecule has 1 aromatic carbocycles. The first kappa shape index (κ1) is 22.3. The number of methoxy groups -OCH3 is 1. The fraction of sp³-hybridized carbons (Fsp3) is 0.421. The Hall–Kier alpha value is -2.43. The van der Waals surface area contributed by atoms with E-state index in [-0.39, 0.29) is 46.8 Å². The van der Waals surface area contributed by atoms with Gasteiger partial charge in [0.05, 0.1) is 10.9 Å². The molecule has 0 radical (unpaired) electrons. The molecule has 0 aliphatic carbocycles. The van der Waals surface area contributed by atoms with E-state index in [0.717, 1.165) is 4.31 Å². The van der Waals surface area contributed by atoms with Crippen LogP contribution in [-0.2, 0) is 14.8 Å². The van der Waals surface area contributed by atoms with Crippen LogP contribution >= 0.6 is 11.6 Å². The highest BCUT2D eigenvalue weighted by molar-refractivity contribution is 7.92. The molecule has 30 heavy (non-hydrogen) atoms. The highest BCUT2D eigenvalue weighted by Crippen LogP contribution is 2.26. The molecule has 3 rings (SSSR count). The first-order valence-electron chi connectivity index (χ1n) is 9.30. The van der Waals surface area contributed by atoms with Crippen LogP contribution in [-0.4, -0.2) is 50.8 Å². The molecular weight excluding hydrogens is 432 g/mol. The first-order chi connectivity index (χ1) is 14.2. The third kappa shape index (κ3) is 5.00. The van der Waals surface area contributed by atoms with Crippen molar-refractivity contribution in [1.82, 2.24) is 15.3 Å². The maximum Gasteiger partial charge on any atom is 0.268 e. The third-order valence-corrected chi connectivity index (χ3v) is 6.23. The van der Waals surface area contributed by atoms with Gasteiger partial charge in [0.25, 0.3) is 15.9 Å². The SMILES string of the molecule is COCN1c2nc(Cl)cc(n2)OC[C@@H](CC(C)C)NC(=O)c2cccc(c2)S1(=O)=O. The fourth-order valence-corrected chi connectivity index (χ4v) is 4.53. The Labute approximate surface area is 180 Å². The van der Waals surface area contributed by atoms with E-state index in [1.807, 2.05) is 13.8 Å². The van der Waals surface area contributed by atoms with Gasteiger partial charge < -0.3 is 14.8 Å². The van der Waals surface area contributed by atoms with Crippen molar-refractivity contribution < 1.29 is 22.7 Å². The van der Waals surface area contributed by atoms with Gasteiger partial charge in [-0.25, -0.2) is 12.7 Å². The molecule has 1 aliphatic rings. The van der Waals surface area contributed by atoms with Gasteiger partial charge in [0, 0.05) is 18.7 Å². The number of benzene rings is 1. The van der Waals surface area contributed by atoms with E-state index < -0.39 is 15.9 Å². The molecule has 4 bridgehead atoms. The van der Waals surface area contributed by atoms with Gasteiger partial charge in [-0.15, -0.1) is 0 Å². The van der Waals surface area contributed by atoms with Crippen LogP contribution in [0.2, 0.25) is 5.15 Å². The largest absolute Gasteiger partial charge is 0.475 e. The number of carbonyl (C=O) groups is 1. The van der Waals surface area contributed by atoms with E-state index in [2.05, 4.69) is 15.3 Å². The van der Waals surface area contributed by atoms with Crippen molar-refractivity contribution in [1.29, 1.82) is 0 Å². The van der Waals surface area contributed by atoms with Gasteiger partial charge in [-0.1, -0.05) is 31.5 Å². The Morgan fingerprint density at radius 1 is 1.33 bits per heavy atom. The molecule has 0 saturated carbocycles. The minimum absolute atomic E-state index is 0.0133. The average molecular weight is 455 g/mol. The number of sulfonamides is 1. The van der Waals surface area contributed by atoms with Crippen LogP contribution < -0.4 is 14.4 Å². The quantitative estimate of drug-likeness (QED) is 0.706. The van der Waals surface area contributed by atoms with Gasteiger partial charge in [-0.05, 0) is 30.5 Å². The van der Waals surface area contributed by atoms with E-state index in [4.69, 9.17) is 21.1 Å². The Balaban J connectivity index is 2.16. The molecule has 1 aromatic heterocycles. The van der Waals surface area contributed by atoms with Crippen molar-refractivity contribution in [2.45, 2.75) is 31.2 Å². The Bertz CT molecular complexity index is 1030. The Morgan fingerprint density at radius 3 is 2.80 bits per heavy atom. The number of nitrogens with one attached hydrogen (secondary N) is 1. The summed E-state index contributed by atoms with van der Waals surface area (Å²) in [6, 6.07) is 6.83. The summed E-state index contributed by atoms with van der Waals surface area (Å²) >= 11 is 6.09. The van der Waals surface area contributed by atoms with Crippen LogP contribution in [0, 0.1) is 5.92 Å². The predicted molar refractivity (Wildman–Crippen MR) is 111 cm³/mol. The molecule has 0 saturated heterocycles. The molecule has 162 valence electrons. The fourth-order valence-electron chi connectivity index (χ4n) is 3.04. The van der Waals surface area contributed by atoms with Crippen LogP contribution in [0.25, 0.3) is 0 Å². The second-order valence-electron chi connectivity index (χ2n) is 7.24. The molecule has 2 aromatic rings. The van der Waals surface area contributed by atoms with Crippen LogP contribution in [0.3, 0.4) is 0 Å². The van der Waals surface area contributed by atoms with Crippen molar-refractivity contribution in [3.63, 3.8) is 0 Å². The van der Waals surface area contributed by atoms with Crippen LogP contribution in [0.1, 0.15) is 30.6 Å². The second-order valence-corrected chi connectivity index (χ2v) is 9.49. The molecule has 9 nitrogen and oxygen atoms in total. The number of aromatic nitrogens is 2. The van der Waals surface area contributed by atoms with Gasteiger partial charge in [0.2, 0.25) is 11.8 Å². The maximum atomic E-state index is 13.3. The average Bonchev–Trinajstić information content (AvgIpc) is 2.69. The van der Waals surface area contributed by atoms with E-state index in [9.17, 15) is 13.2 Å². The number of hydrogen-bond acceptors (Lipinski definition) is 7. The minimum Gasteiger partial charge on any atom is -0.475 e. The lowest BCUT2D eigenvalue weighted by molar-refractivity contribution is 0.0913. The number of anilines is 1. The van der Waals surface area contributed by atoms with Crippen molar-refractivity contribution in [2.75, 3.05) is 24.8 Å². The topological polar surface area (TPSA) is 111 Å². The number of ether oxygens (including phenoxy) is 2. The maximum absolute atomic E-state index is 13.3. The summed E-state index contributed by atoms with van der Waals surface area (Å²) in [6.45, 7) is 3.84. The summed E-state index contributed by atoms with van der Waals surface area (Å²) in [7, 11) is -2.80. The van der Waals surface area contributed by atoms with E-state index >= 15 is 0 Å². The zero-order chi connectivity index (χ0) is 21.9. The van der Waals surface area contributed by atoms with Crippen molar-refractivity contribution >= 4 is 33.5 Å². The highest BCUT2D eigenvalue weighted by Gasteiger charge is 2.29. The van der Waals surface area contributed by atoms with E-state index in [0.29, 0.717) is 12.3 Å². The van der Waals surface area contributed by atoms with E-state index in [1.165, 1.54) is 31.4 Å². The van der Waals surface area contributed by atoms with Gasteiger partial charge >= 0.3 is 0 Å². The standard InChI is InChI=1S/C19H23ClN4O5S/c1-12(2)7-14-10-29-17-9-16(20)22-19(23-17)24(11-28-3)30(26,27)15-6-4-5-13(8-15)18(25)21-14/h4-6,8-9,12,14H,7,10-11H2,1-3H3,(H,21,25)/t14-/m1/s1. The van der Waals surface area contributed by atoms with Crippen LogP contribution in [0.4, 0.5) is 5.95 Å². The smallest absolute Gasteiger partial charge is 0.268 e. The summed E-state index contributed by atoms with van der Waals surface area (Å²) in [6.07, 6.45) is 0.658. The van der Waals surface area contributed by atoms with Crippen molar-refractivity contribution in [3.05, 3.63) is 41.0 Å². The predicted octanol–water partition coefficient (Wildman–Crippen LogP) is 2.47. The van der Waals surface area contributed by atoms with Crippen molar-refractivity contribution in [3.8, 4) is 5.88 Å². The normalized spacial score (nSPS) is 18.6. The molecule has 0 fully saturated rings. The summed E-state index contributed by atoms with van der Waals surface area (Å²) in [5.74, 6) is -0.198. The van der Waals surface area contributed by atoms with Crippen LogP contribution in [0.15, 0.2) is 35.2 Å². The van der Waals surface area contributed by atoms with Gasteiger partial charge in [0.15, 0.2) is 0 Å². The molecule has 11 heteroatoms. The number of amides is 1. The summed E-state index contributed by atoms with van der Waals surface area (Å²) in [5, 5.41) is 2.92. The lowest BCUT2D eigenvalue weighted by Crippen LogP contribution is -2.40. The number of carbonyl (C=O) groups excluding carboxylic acids is 1. The van der Waals surface area contributed by atoms with Gasteiger partial charge in [-0.3, -0.25) is 4.79 Å². The summed E-state index contributed by atoms with van der Waals surface area (Å²) < 4.78 is 38.2. The first-order valence-corrected chi connectivity index (χ1v) is 11.1. The second kappa shape index (κ2) is 9.15. The van der Waals surface area contributed by atoms with Gasteiger partial charge in [0.1, 0.15) is 18.5 Å². The lowest BCUT2D eigenvalue weighted by atomic mass is 10.0. The Morgan fingerprint density at radius 2 is 2.10 bits per heavy atom. The summed E-state index contributed by atoms with van der Waals surface area (Å²) in [5.41, 5.74) is 0.215. The summed E-state index contributed by atoms with van der Waals surface area (Å²) in [4.78, 5) is 20.9. The molecule has 0 spiro atoms. The third-order valence-electron chi connectivity index (χ3n) is 4.34. The number of fused-ring (bicyclic) bond motifs is 4. The molecular formula is C19H23ClN4O5S. The molecule has 1 N–H and O–H groups in total. The number of rotatable bonds is 4. The highest BCUT2D eigenvalue weighted by atomic mass is 35.5. The molecule has 1 amide bonds. The number of hydrogen-bond donors (Lipinski definition) is 1. The molecule has 1 atom stereocenters. The zero-order valence-corrected chi connectivity index (χ0v) is 18.4. The number of nitrogens with zero attached hydrogens (tertiary/aromatic N) is 3. The zero-order valence-electron chi connectivity index (χ0n) is 16.8. The molecule has 2 heterocycles. The van der Waals surface area contributed by atoms with E-state index in [1.54, 1.807) is 6.07 Å². The van der Waals surface area contributed by atoms with Crippen LogP contribution in [0.5, 0.6) is 5.88 Å². The monoisotopic (exact) mass is 454 g/mol. The van der Waals surface area contributed by atoms with Crippen molar-refractivity contribution in [2.24, 2.45) is 5.92 Å². The number of halogens is 1. The lowest BCUT2D eigenvalue weighted by Gasteiger charge is -2.22. The molecule has 1 aliphatic heterocycles. The van der Waals surface area contributed by atoms with Gasteiger partial charge in [-0.2, -0.15) is 9.97 Å². The molecule has 0 unspecified atom stereocenters. The Kier molecular flexibility index (Phi) is 6.79.